The van der Waals surface area contributed by atoms with Crippen molar-refractivity contribution in [2.24, 2.45) is 23.7 Å². The van der Waals surface area contributed by atoms with E-state index < -0.39 is 5.97 Å². The van der Waals surface area contributed by atoms with Crippen molar-refractivity contribution in [1.29, 1.82) is 0 Å². The van der Waals surface area contributed by atoms with Crippen molar-refractivity contribution in [1.82, 2.24) is 0 Å². The van der Waals surface area contributed by atoms with Gasteiger partial charge in [-0.1, -0.05) is 55.6 Å². The second-order valence-corrected chi connectivity index (χ2v) is 11.5. The number of fused-ring (bicyclic) bond motifs is 5. The van der Waals surface area contributed by atoms with Crippen LogP contribution in [-0.4, -0.2) is 39.8 Å². The number of nitrogens with zero attached hydrogens (tertiary/aromatic N) is 1. The maximum Gasteiger partial charge on any atom is 0.338 e. The zero-order chi connectivity index (χ0) is 24.3. The molecule has 2 aromatic rings. The van der Waals surface area contributed by atoms with Crippen molar-refractivity contribution >= 4 is 61.1 Å². The number of ketones is 1. The van der Waals surface area contributed by atoms with Crippen LogP contribution in [0.25, 0.3) is 0 Å². The summed E-state index contributed by atoms with van der Waals surface area (Å²) in [5.74, 6) is -1.81. The molecule has 6 atom stereocenters. The highest BCUT2D eigenvalue weighted by atomic mass is 79.9. The predicted octanol–water partition coefficient (Wildman–Crippen LogP) is 4.63. The summed E-state index contributed by atoms with van der Waals surface area (Å²) in [6.45, 7) is 3.34. The summed E-state index contributed by atoms with van der Waals surface area (Å²) in [5.41, 5.74) is 2.82. The molecule has 34 heavy (non-hydrogen) atoms. The summed E-state index contributed by atoms with van der Waals surface area (Å²) in [7, 11) is 0. The summed E-state index contributed by atoms with van der Waals surface area (Å²) in [5, 5.41) is 0. The van der Waals surface area contributed by atoms with Gasteiger partial charge in [0.1, 0.15) is 0 Å². The Morgan fingerprint density at radius 2 is 1.62 bits per heavy atom. The largest absolute Gasteiger partial charge is 0.454 e. The molecule has 0 spiro atoms. The monoisotopic (exact) mass is 587 g/mol. The van der Waals surface area contributed by atoms with Crippen molar-refractivity contribution in [3.8, 4) is 0 Å². The first-order valence-corrected chi connectivity index (χ1v) is 13.1. The Hall–Kier alpha value is -2.32. The fourth-order valence-corrected chi connectivity index (χ4v) is 7.58. The van der Waals surface area contributed by atoms with Crippen molar-refractivity contribution < 1.29 is 23.9 Å². The van der Waals surface area contributed by atoms with Gasteiger partial charge in [-0.25, -0.2) is 4.79 Å². The molecule has 0 N–H and O–H groups in total. The number of hydrogen-bond acceptors (Lipinski definition) is 5. The number of esters is 1. The standard InChI is InChI=1S/C26H23Br2NO5/c1-12-6-7-13(2)16(8-12)19(30)11-34-26(33)14-4-3-5-15(9-14)29-24(31)20-17-10-18(21(20)25(29)32)23(28)22(17)27/h3-9,17-18,20-23H,10-11H2,1-2H3/t17-,18-,20-,21+,22-,23+/m1/s1. The fraction of sp³-hybridized carbons (Fsp3) is 0.385. The van der Waals surface area contributed by atoms with Gasteiger partial charge in [-0.15, -0.1) is 0 Å². The number of carbonyl (C=O) groups excluding carboxylic acids is 4. The van der Waals surface area contributed by atoms with Crippen molar-refractivity contribution in [3.05, 3.63) is 64.7 Å². The number of hydrogen-bond donors (Lipinski definition) is 0. The molecule has 1 heterocycles. The topological polar surface area (TPSA) is 80.8 Å². The maximum absolute atomic E-state index is 13.3. The van der Waals surface area contributed by atoms with E-state index in [0.29, 0.717) is 11.3 Å². The van der Waals surface area contributed by atoms with Crippen molar-refractivity contribution in [2.75, 3.05) is 11.5 Å². The lowest BCUT2D eigenvalue weighted by Crippen LogP contribution is -2.37. The molecule has 6 nitrogen and oxygen atoms in total. The first-order chi connectivity index (χ1) is 16.2. The van der Waals surface area contributed by atoms with Gasteiger partial charge in [0.25, 0.3) is 0 Å². The van der Waals surface area contributed by atoms with E-state index in [1.165, 1.54) is 11.0 Å². The van der Waals surface area contributed by atoms with Gasteiger partial charge in [-0.05, 0) is 61.9 Å². The average Bonchev–Trinajstić information content (AvgIpc) is 3.43. The molecule has 3 fully saturated rings. The Morgan fingerprint density at radius 1 is 0.971 bits per heavy atom. The Morgan fingerprint density at radius 3 is 2.26 bits per heavy atom. The lowest BCUT2D eigenvalue weighted by Gasteiger charge is -2.28. The summed E-state index contributed by atoms with van der Waals surface area (Å²) in [6, 6.07) is 11.8. The van der Waals surface area contributed by atoms with Gasteiger partial charge in [0.2, 0.25) is 17.6 Å². The molecule has 1 saturated heterocycles. The molecule has 2 bridgehead atoms. The lowest BCUT2D eigenvalue weighted by molar-refractivity contribution is -0.123. The van der Waals surface area contributed by atoms with Crippen LogP contribution in [0.4, 0.5) is 5.69 Å². The number of halogens is 2. The van der Waals surface area contributed by atoms with Gasteiger partial charge in [0.15, 0.2) is 6.61 Å². The minimum absolute atomic E-state index is 0.116. The highest BCUT2D eigenvalue weighted by Gasteiger charge is 2.66. The van der Waals surface area contributed by atoms with Crippen LogP contribution in [0.1, 0.15) is 38.3 Å². The van der Waals surface area contributed by atoms with Crippen molar-refractivity contribution in [2.45, 2.75) is 29.9 Å². The first kappa shape index (κ1) is 23.4. The van der Waals surface area contributed by atoms with Crippen LogP contribution in [0.2, 0.25) is 0 Å². The van der Waals surface area contributed by atoms with Gasteiger partial charge >= 0.3 is 5.97 Å². The number of aryl methyl sites for hydroxylation is 2. The molecule has 0 unspecified atom stereocenters. The van der Waals surface area contributed by atoms with E-state index >= 15 is 0 Å². The molecule has 0 radical (unpaired) electrons. The number of amides is 2. The molecule has 5 rings (SSSR count). The summed E-state index contributed by atoms with van der Waals surface area (Å²) in [6.07, 6.45) is 0.854. The van der Waals surface area contributed by atoms with Crippen LogP contribution >= 0.6 is 31.9 Å². The van der Waals surface area contributed by atoms with Gasteiger partial charge < -0.3 is 4.74 Å². The molecule has 8 heteroatoms. The van der Waals surface area contributed by atoms with E-state index in [1.807, 2.05) is 26.0 Å². The van der Waals surface area contributed by atoms with E-state index in [-0.39, 0.29) is 63.1 Å². The number of alkyl halides is 2. The third-order valence-corrected chi connectivity index (χ3v) is 10.6. The third-order valence-electron chi connectivity index (χ3n) is 7.35. The first-order valence-electron chi connectivity index (χ1n) is 11.2. The minimum atomic E-state index is -0.680. The van der Waals surface area contributed by atoms with Crippen LogP contribution in [0, 0.1) is 37.5 Å². The summed E-state index contributed by atoms with van der Waals surface area (Å²) >= 11 is 7.38. The van der Waals surface area contributed by atoms with E-state index in [4.69, 9.17) is 4.74 Å². The van der Waals surface area contributed by atoms with Gasteiger partial charge in [0.05, 0.1) is 23.1 Å². The SMILES string of the molecule is Cc1ccc(C)c(C(=O)COC(=O)c2cccc(N3C(=O)[C@@H]4[C@H]5C[C@@H]([C@H](Br)[C@@H]5Br)[C@@H]4C3=O)c2)c1. The molecule has 1 aliphatic heterocycles. The molecule has 2 aromatic carbocycles. The lowest BCUT2D eigenvalue weighted by atomic mass is 9.81. The van der Waals surface area contributed by atoms with Gasteiger partial charge in [-0.2, -0.15) is 0 Å². The van der Waals surface area contributed by atoms with Gasteiger partial charge in [0, 0.05) is 15.2 Å². The fourth-order valence-electron chi connectivity index (χ4n) is 5.70. The average molecular weight is 589 g/mol. The minimum Gasteiger partial charge on any atom is -0.454 e. The van der Waals surface area contributed by atoms with E-state index in [9.17, 15) is 19.2 Å². The molecular formula is C26H23Br2NO5. The number of imide groups is 1. The second-order valence-electron chi connectivity index (χ2n) is 9.38. The van der Waals surface area contributed by atoms with E-state index in [0.717, 1.165) is 17.5 Å². The van der Waals surface area contributed by atoms with E-state index in [1.54, 1.807) is 24.3 Å². The normalized spacial score (nSPS) is 29.5. The highest BCUT2D eigenvalue weighted by Crippen LogP contribution is 2.60. The molecule has 176 valence electrons. The molecule has 2 saturated carbocycles. The van der Waals surface area contributed by atoms with Crippen LogP contribution in [0.3, 0.4) is 0 Å². The number of anilines is 1. The zero-order valence-corrected chi connectivity index (χ0v) is 21.8. The van der Waals surface area contributed by atoms with Crippen LogP contribution < -0.4 is 4.90 Å². The molecular weight excluding hydrogens is 566 g/mol. The quantitative estimate of drug-likeness (QED) is 0.220. The summed E-state index contributed by atoms with van der Waals surface area (Å²) in [4.78, 5) is 53.3. The Labute approximate surface area is 214 Å². The Bertz CT molecular complexity index is 1200. The van der Waals surface area contributed by atoms with Crippen LogP contribution in [0.15, 0.2) is 42.5 Å². The Kier molecular flexibility index (Phi) is 6.01. The number of ether oxygens (including phenoxy) is 1. The number of rotatable bonds is 5. The number of carbonyl (C=O) groups is 4. The molecule has 2 aliphatic carbocycles. The van der Waals surface area contributed by atoms with E-state index in [2.05, 4.69) is 31.9 Å². The number of benzene rings is 2. The molecule has 3 aliphatic rings. The van der Waals surface area contributed by atoms with Crippen LogP contribution in [-0.2, 0) is 14.3 Å². The third kappa shape index (κ3) is 3.66. The highest BCUT2D eigenvalue weighted by molar-refractivity contribution is 9.12. The Balaban J connectivity index is 1.32. The van der Waals surface area contributed by atoms with Crippen molar-refractivity contribution in [3.63, 3.8) is 0 Å². The smallest absolute Gasteiger partial charge is 0.338 e. The zero-order valence-electron chi connectivity index (χ0n) is 18.7. The maximum atomic E-state index is 13.3. The number of Topliss-reactive ketones (excluding diaryl/α,β-unsaturated/α-hetero) is 1. The second kappa shape index (κ2) is 8.72. The molecule has 0 aromatic heterocycles. The molecule has 2 amide bonds. The van der Waals surface area contributed by atoms with Crippen LogP contribution in [0.5, 0.6) is 0 Å². The predicted molar refractivity (Wildman–Crippen MR) is 133 cm³/mol. The summed E-state index contributed by atoms with van der Waals surface area (Å²) < 4.78 is 5.27. The van der Waals surface area contributed by atoms with Gasteiger partial charge in [-0.3, -0.25) is 19.3 Å².